The Kier molecular flexibility index (Phi) is 6.23. The lowest BCUT2D eigenvalue weighted by molar-refractivity contribution is -0.140. The molecule has 3 rings (SSSR count). The SMILES string of the molecule is C[C@@H]1C[C@H](C)CN(C(=O)[C@@H](C)N2CCN([C@H](C)C(=O)NC3CC3)CC2)C1. The average Bonchev–Trinajstić information content (AvgIpc) is 3.43. The Balaban J connectivity index is 1.47. The number of piperazine rings is 1. The first-order valence-electron chi connectivity index (χ1n) is 10.4. The van der Waals surface area contributed by atoms with Gasteiger partial charge in [-0.1, -0.05) is 13.8 Å². The maximum absolute atomic E-state index is 12.9. The van der Waals surface area contributed by atoms with E-state index in [1.807, 2.05) is 13.8 Å². The lowest BCUT2D eigenvalue weighted by Gasteiger charge is -2.42. The largest absolute Gasteiger partial charge is 0.352 e. The van der Waals surface area contributed by atoms with Gasteiger partial charge in [0.2, 0.25) is 11.8 Å². The Bertz CT molecular complexity index is 504. The van der Waals surface area contributed by atoms with Crippen molar-refractivity contribution in [2.45, 2.75) is 65.1 Å². The van der Waals surface area contributed by atoms with E-state index in [0.717, 1.165) is 52.1 Å². The molecule has 0 aromatic rings. The molecule has 1 N–H and O–H groups in total. The van der Waals surface area contributed by atoms with Crippen LogP contribution in [0.5, 0.6) is 0 Å². The predicted octanol–water partition coefficient (Wildman–Crippen LogP) is 1.16. The van der Waals surface area contributed by atoms with E-state index in [1.54, 1.807) is 0 Å². The van der Waals surface area contributed by atoms with Crippen molar-refractivity contribution >= 4 is 11.8 Å². The molecule has 0 spiro atoms. The molecule has 4 atom stereocenters. The molecule has 2 aliphatic heterocycles. The Morgan fingerprint density at radius 3 is 1.88 bits per heavy atom. The van der Waals surface area contributed by atoms with Crippen molar-refractivity contribution in [3.63, 3.8) is 0 Å². The molecule has 26 heavy (non-hydrogen) atoms. The third-order valence-electron chi connectivity index (χ3n) is 6.29. The molecule has 148 valence electrons. The van der Waals surface area contributed by atoms with E-state index in [9.17, 15) is 9.59 Å². The van der Waals surface area contributed by atoms with Gasteiger partial charge in [-0.25, -0.2) is 0 Å². The van der Waals surface area contributed by atoms with Crippen LogP contribution in [0.4, 0.5) is 0 Å². The quantitative estimate of drug-likeness (QED) is 0.796. The number of carbonyl (C=O) groups is 2. The summed E-state index contributed by atoms with van der Waals surface area (Å²) >= 11 is 0. The number of amides is 2. The molecule has 0 bridgehead atoms. The summed E-state index contributed by atoms with van der Waals surface area (Å²) in [7, 11) is 0. The van der Waals surface area contributed by atoms with Crippen LogP contribution in [0, 0.1) is 11.8 Å². The number of hydrogen-bond donors (Lipinski definition) is 1. The van der Waals surface area contributed by atoms with Crippen LogP contribution in [-0.4, -0.2) is 83.9 Å². The van der Waals surface area contributed by atoms with Crippen LogP contribution in [0.3, 0.4) is 0 Å². The van der Waals surface area contributed by atoms with Gasteiger partial charge in [-0.3, -0.25) is 19.4 Å². The lowest BCUT2D eigenvalue weighted by atomic mass is 9.91. The minimum Gasteiger partial charge on any atom is -0.352 e. The molecule has 3 aliphatic rings. The first-order chi connectivity index (χ1) is 12.3. The lowest BCUT2D eigenvalue weighted by Crippen LogP contribution is -2.58. The van der Waals surface area contributed by atoms with Crippen LogP contribution in [0.25, 0.3) is 0 Å². The summed E-state index contributed by atoms with van der Waals surface area (Å²) in [4.78, 5) is 31.8. The number of nitrogens with zero attached hydrogens (tertiary/aromatic N) is 3. The maximum atomic E-state index is 12.9. The minimum atomic E-state index is -0.0763. The predicted molar refractivity (Wildman–Crippen MR) is 103 cm³/mol. The van der Waals surface area contributed by atoms with Crippen molar-refractivity contribution < 1.29 is 9.59 Å². The van der Waals surface area contributed by atoms with Crippen LogP contribution in [0.2, 0.25) is 0 Å². The smallest absolute Gasteiger partial charge is 0.239 e. The van der Waals surface area contributed by atoms with Gasteiger partial charge >= 0.3 is 0 Å². The van der Waals surface area contributed by atoms with Crippen molar-refractivity contribution in [1.29, 1.82) is 0 Å². The van der Waals surface area contributed by atoms with Crippen molar-refractivity contribution in [1.82, 2.24) is 20.0 Å². The maximum Gasteiger partial charge on any atom is 0.239 e. The number of nitrogens with one attached hydrogen (secondary N) is 1. The first-order valence-corrected chi connectivity index (χ1v) is 10.4. The summed E-state index contributed by atoms with van der Waals surface area (Å²) < 4.78 is 0. The summed E-state index contributed by atoms with van der Waals surface area (Å²) in [6.07, 6.45) is 3.47. The third-order valence-corrected chi connectivity index (χ3v) is 6.29. The van der Waals surface area contributed by atoms with Crippen LogP contribution in [0.15, 0.2) is 0 Å². The Morgan fingerprint density at radius 1 is 0.885 bits per heavy atom. The number of likely N-dealkylation sites (tertiary alicyclic amines) is 1. The zero-order chi connectivity index (χ0) is 18.8. The van der Waals surface area contributed by atoms with Crippen molar-refractivity contribution in [2.24, 2.45) is 11.8 Å². The highest BCUT2D eigenvalue weighted by molar-refractivity contribution is 5.82. The van der Waals surface area contributed by atoms with Crippen molar-refractivity contribution in [3.8, 4) is 0 Å². The molecule has 6 heteroatoms. The summed E-state index contributed by atoms with van der Waals surface area (Å²) in [5, 5.41) is 3.10. The summed E-state index contributed by atoms with van der Waals surface area (Å²) in [6.45, 7) is 13.7. The summed E-state index contributed by atoms with van der Waals surface area (Å²) in [5.74, 6) is 1.62. The molecule has 2 saturated heterocycles. The third kappa shape index (κ3) is 4.77. The molecule has 3 fully saturated rings. The van der Waals surface area contributed by atoms with Gasteiger partial charge in [-0.2, -0.15) is 0 Å². The molecule has 1 saturated carbocycles. The molecule has 0 unspecified atom stereocenters. The molecule has 1 aliphatic carbocycles. The van der Waals surface area contributed by atoms with E-state index >= 15 is 0 Å². The first kappa shape index (κ1) is 19.6. The van der Waals surface area contributed by atoms with E-state index in [4.69, 9.17) is 0 Å². The topological polar surface area (TPSA) is 55.9 Å². The van der Waals surface area contributed by atoms with Gasteiger partial charge in [0.1, 0.15) is 0 Å². The standard InChI is InChI=1S/C20H36N4O2/c1-14-11-15(2)13-24(12-14)20(26)17(4)23-9-7-22(8-10-23)16(3)19(25)21-18-5-6-18/h14-18H,5-13H2,1-4H3,(H,21,25)/t14-,15+,16-,17-/m1/s1. The normalized spacial score (nSPS) is 30.7. The highest BCUT2D eigenvalue weighted by Crippen LogP contribution is 2.23. The van der Waals surface area contributed by atoms with Gasteiger partial charge < -0.3 is 10.2 Å². The molecule has 0 aromatic heterocycles. The molecule has 2 amide bonds. The van der Waals surface area contributed by atoms with Crippen LogP contribution < -0.4 is 5.32 Å². The molecular weight excluding hydrogens is 328 g/mol. The number of carbonyl (C=O) groups excluding carboxylic acids is 2. The highest BCUT2D eigenvalue weighted by atomic mass is 16.2. The van der Waals surface area contributed by atoms with Crippen LogP contribution in [0.1, 0.15) is 47.0 Å². The molecule has 0 radical (unpaired) electrons. The van der Waals surface area contributed by atoms with Gasteiger partial charge in [-0.05, 0) is 44.9 Å². The number of rotatable bonds is 5. The minimum absolute atomic E-state index is 0.0646. The van der Waals surface area contributed by atoms with E-state index < -0.39 is 0 Å². The highest BCUT2D eigenvalue weighted by Gasteiger charge is 2.34. The van der Waals surface area contributed by atoms with Gasteiger partial charge in [0.05, 0.1) is 12.1 Å². The second-order valence-electron chi connectivity index (χ2n) is 8.90. The van der Waals surface area contributed by atoms with Crippen LogP contribution in [-0.2, 0) is 9.59 Å². The van der Waals surface area contributed by atoms with Crippen molar-refractivity contribution in [2.75, 3.05) is 39.3 Å². The van der Waals surface area contributed by atoms with Gasteiger partial charge in [0, 0.05) is 45.3 Å². The second kappa shape index (κ2) is 8.26. The Labute approximate surface area is 158 Å². The van der Waals surface area contributed by atoms with Gasteiger partial charge in [0.15, 0.2) is 0 Å². The van der Waals surface area contributed by atoms with Gasteiger partial charge in [0.25, 0.3) is 0 Å². The summed E-state index contributed by atoms with van der Waals surface area (Å²) in [5.41, 5.74) is 0. The zero-order valence-corrected chi connectivity index (χ0v) is 16.9. The van der Waals surface area contributed by atoms with E-state index in [1.165, 1.54) is 6.42 Å². The zero-order valence-electron chi connectivity index (χ0n) is 16.9. The average molecular weight is 365 g/mol. The van der Waals surface area contributed by atoms with E-state index in [2.05, 4.69) is 33.9 Å². The monoisotopic (exact) mass is 364 g/mol. The molecule has 0 aromatic carbocycles. The molecular formula is C20H36N4O2. The van der Waals surface area contributed by atoms with Gasteiger partial charge in [-0.15, -0.1) is 0 Å². The fourth-order valence-electron chi connectivity index (χ4n) is 4.49. The molecule has 6 nitrogen and oxygen atoms in total. The van der Waals surface area contributed by atoms with Crippen LogP contribution >= 0.6 is 0 Å². The second-order valence-corrected chi connectivity index (χ2v) is 8.90. The Hall–Kier alpha value is -1.14. The Morgan fingerprint density at radius 2 is 1.38 bits per heavy atom. The fourth-order valence-corrected chi connectivity index (χ4v) is 4.49. The van der Waals surface area contributed by atoms with E-state index in [-0.39, 0.29) is 23.9 Å². The van der Waals surface area contributed by atoms with E-state index in [0.29, 0.717) is 17.9 Å². The molecule has 2 heterocycles. The number of piperidine rings is 1. The van der Waals surface area contributed by atoms with Crippen molar-refractivity contribution in [3.05, 3.63) is 0 Å². The fraction of sp³-hybridized carbons (Fsp3) is 0.900. The summed E-state index contributed by atoms with van der Waals surface area (Å²) in [6, 6.07) is 0.274. The number of hydrogen-bond acceptors (Lipinski definition) is 4.